The van der Waals surface area contributed by atoms with Crippen LogP contribution in [0.4, 0.5) is 17.5 Å². The fraction of sp³-hybridized carbons (Fsp3) is 0.600. The zero-order chi connectivity index (χ0) is 13.2. The first kappa shape index (κ1) is 13.1. The van der Waals surface area contributed by atoms with Crippen molar-refractivity contribution < 1.29 is 4.92 Å². The van der Waals surface area contributed by atoms with Gasteiger partial charge in [-0.2, -0.15) is 4.98 Å². The highest BCUT2D eigenvalue weighted by atomic mass is 16.6. The zero-order valence-electron chi connectivity index (χ0n) is 10.5. The second kappa shape index (κ2) is 4.52. The normalized spacial score (nSPS) is 11.3. The predicted octanol–water partition coefficient (Wildman–Crippen LogP) is 1.45. The molecule has 7 heteroatoms. The molecule has 17 heavy (non-hydrogen) atoms. The molecule has 2 N–H and O–H groups in total. The minimum Gasteiger partial charge on any atom is -0.368 e. The van der Waals surface area contributed by atoms with Crippen LogP contribution in [-0.4, -0.2) is 28.5 Å². The van der Waals surface area contributed by atoms with E-state index < -0.39 is 4.92 Å². The Labute approximate surface area is 99.8 Å². The van der Waals surface area contributed by atoms with E-state index in [1.54, 1.807) is 11.9 Å². The van der Waals surface area contributed by atoms with Gasteiger partial charge in [-0.3, -0.25) is 10.1 Å². The molecule has 1 heterocycles. The molecule has 0 saturated heterocycles. The number of hydrogen-bond donors (Lipinski definition) is 1. The maximum atomic E-state index is 10.9. The van der Waals surface area contributed by atoms with Crippen LogP contribution in [0, 0.1) is 15.5 Å². The lowest BCUT2D eigenvalue weighted by Crippen LogP contribution is -2.30. The summed E-state index contributed by atoms with van der Waals surface area (Å²) in [7, 11) is 1.75. The van der Waals surface area contributed by atoms with Crippen LogP contribution in [0.5, 0.6) is 0 Å². The van der Waals surface area contributed by atoms with Crippen molar-refractivity contribution in [3.63, 3.8) is 0 Å². The first-order valence-corrected chi connectivity index (χ1v) is 5.19. The molecule has 1 rings (SSSR count). The summed E-state index contributed by atoms with van der Waals surface area (Å²) in [5.41, 5.74) is 5.33. The van der Waals surface area contributed by atoms with E-state index >= 15 is 0 Å². The molecule has 0 aliphatic carbocycles. The third-order valence-electron chi connectivity index (χ3n) is 2.04. The quantitative estimate of drug-likeness (QED) is 0.633. The van der Waals surface area contributed by atoms with Crippen molar-refractivity contribution in [1.29, 1.82) is 0 Å². The Hall–Kier alpha value is -1.92. The molecular formula is C10H17N5O2. The molecule has 0 aromatic carbocycles. The molecule has 0 aliphatic rings. The van der Waals surface area contributed by atoms with Gasteiger partial charge in [0, 0.05) is 13.6 Å². The second-order valence-corrected chi connectivity index (χ2v) is 5.11. The maximum absolute atomic E-state index is 10.9. The maximum Gasteiger partial charge on any atom is 0.329 e. The van der Waals surface area contributed by atoms with Gasteiger partial charge in [0.15, 0.2) is 0 Å². The fourth-order valence-electron chi connectivity index (χ4n) is 1.58. The molecule has 0 radical (unpaired) electrons. The average molecular weight is 239 g/mol. The van der Waals surface area contributed by atoms with Crippen molar-refractivity contribution in [2.45, 2.75) is 20.8 Å². The largest absolute Gasteiger partial charge is 0.368 e. The smallest absolute Gasteiger partial charge is 0.329 e. The summed E-state index contributed by atoms with van der Waals surface area (Å²) in [4.78, 5) is 19.6. The minimum atomic E-state index is -0.506. The molecule has 0 fully saturated rings. The third-order valence-corrected chi connectivity index (χ3v) is 2.04. The Balaban J connectivity index is 3.10. The zero-order valence-corrected chi connectivity index (χ0v) is 10.5. The van der Waals surface area contributed by atoms with E-state index in [4.69, 9.17) is 5.73 Å². The van der Waals surface area contributed by atoms with Gasteiger partial charge in [-0.15, -0.1) is 0 Å². The monoisotopic (exact) mass is 239 g/mol. The summed E-state index contributed by atoms with van der Waals surface area (Å²) in [6, 6.07) is 0. The minimum absolute atomic E-state index is 0.00231. The Morgan fingerprint density at radius 1 is 1.53 bits per heavy atom. The average Bonchev–Trinajstić information content (AvgIpc) is 2.14. The van der Waals surface area contributed by atoms with Crippen molar-refractivity contribution in [1.82, 2.24) is 9.97 Å². The molecule has 0 saturated carbocycles. The summed E-state index contributed by atoms with van der Waals surface area (Å²) >= 11 is 0. The van der Waals surface area contributed by atoms with E-state index in [0.717, 1.165) is 6.20 Å². The number of hydrogen-bond acceptors (Lipinski definition) is 6. The van der Waals surface area contributed by atoms with Crippen LogP contribution >= 0.6 is 0 Å². The number of aromatic nitrogens is 2. The van der Waals surface area contributed by atoms with Crippen LogP contribution < -0.4 is 10.6 Å². The molecule has 0 unspecified atom stereocenters. The van der Waals surface area contributed by atoms with Crippen LogP contribution in [-0.2, 0) is 0 Å². The van der Waals surface area contributed by atoms with Crippen LogP contribution in [0.25, 0.3) is 0 Å². The summed E-state index contributed by atoms with van der Waals surface area (Å²) < 4.78 is 0. The number of nitro groups is 1. The summed E-state index contributed by atoms with van der Waals surface area (Å²) in [6.07, 6.45) is 1.14. The first-order valence-electron chi connectivity index (χ1n) is 5.19. The van der Waals surface area contributed by atoms with Crippen LogP contribution in [0.3, 0.4) is 0 Å². The van der Waals surface area contributed by atoms with E-state index in [1.807, 2.05) is 20.8 Å². The lowest BCUT2D eigenvalue weighted by atomic mass is 9.96. The van der Waals surface area contributed by atoms with Crippen molar-refractivity contribution in [2.24, 2.45) is 5.41 Å². The second-order valence-electron chi connectivity index (χ2n) is 5.11. The van der Waals surface area contributed by atoms with Gasteiger partial charge in [0.05, 0.1) is 4.92 Å². The molecule has 0 bridgehead atoms. The Morgan fingerprint density at radius 2 is 2.12 bits per heavy atom. The Bertz CT molecular complexity index is 427. The topological polar surface area (TPSA) is 98.2 Å². The highest BCUT2D eigenvalue weighted by Crippen LogP contribution is 2.27. The van der Waals surface area contributed by atoms with Crippen LogP contribution in [0.15, 0.2) is 6.20 Å². The summed E-state index contributed by atoms with van der Waals surface area (Å²) in [5, 5.41) is 10.9. The van der Waals surface area contributed by atoms with E-state index in [1.165, 1.54) is 0 Å². The number of nitrogen functional groups attached to an aromatic ring is 1. The van der Waals surface area contributed by atoms with E-state index in [2.05, 4.69) is 9.97 Å². The molecule has 1 aromatic rings. The molecule has 0 aliphatic heterocycles. The number of nitrogens with two attached hydrogens (primary N) is 1. The number of anilines is 2. The highest BCUT2D eigenvalue weighted by Gasteiger charge is 2.23. The van der Waals surface area contributed by atoms with Crippen molar-refractivity contribution >= 4 is 17.5 Å². The lowest BCUT2D eigenvalue weighted by molar-refractivity contribution is -0.384. The van der Waals surface area contributed by atoms with Gasteiger partial charge in [0.2, 0.25) is 11.8 Å². The van der Waals surface area contributed by atoms with Gasteiger partial charge < -0.3 is 10.6 Å². The third kappa shape index (κ3) is 3.54. The van der Waals surface area contributed by atoms with Gasteiger partial charge in [-0.05, 0) is 5.41 Å². The Kier molecular flexibility index (Phi) is 3.50. The van der Waals surface area contributed by atoms with Crippen molar-refractivity contribution in [3.8, 4) is 0 Å². The van der Waals surface area contributed by atoms with Crippen molar-refractivity contribution in [3.05, 3.63) is 16.3 Å². The predicted molar refractivity (Wildman–Crippen MR) is 65.8 cm³/mol. The molecule has 1 aromatic heterocycles. The molecule has 7 nitrogen and oxygen atoms in total. The Morgan fingerprint density at radius 3 is 2.59 bits per heavy atom. The summed E-state index contributed by atoms with van der Waals surface area (Å²) in [6.45, 7) is 6.75. The lowest BCUT2D eigenvalue weighted by Gasteiger charge is -2.26. The number of rotatable bonds is 3. The first-order chi connectivity index (χ1) is 7.70. The molecule has 0 atom stereocenters. The van der Waals surface area contributed by atoms with E-state index in [9.17, 15) is 10.1 Å². The van der Waals surface area contributed by atoms with E-state index in [-0.39, 0.29) is 22.9 Å². The van der Waals surface area contributed by atoms with Gasteiger partial charge >= 0.3 is 5.69 Å². The fourth-order valence-corrected chi connectivity index (χ4v) is 1.58. The van der Waals surface area contributed by atoms with Crippen LogP contribution in [0.2, 0.25) is 0 Å². The van der Waals surface area contributed by atoms with E-state index in [0.29, 0.717) is 6.54 Å². The SMILES string of the molecule is CN(CC(C)(C)C)c1nc(N)ncc1[N+](=O)[O-]. The van der Waals surface area contributed by atoms with Crippen LogP contribution in [0.1, 0.15) is 20.8 Å². The van der Waals surface area contributed by atoms with Gasteiger partial charge in [-0.25, -0.2) is 4.98 Å². The standard InChI is InChI=1S/C10H17N5O2/c1-10(2,3)6-14(4)8-7(15(16)17)5-12-9(11)13-8/h5H,6H2,1-4H3,(H2,11,12,13). The van der Waals surface area contributed by atoms with Crippen molar-refractivity contribution in [2.75, 3.05) is 24.2 Å². The molecular weight excluding hydrogens is 222 g/mol. The van der Waals surface area contributed by atoms with Gasteiger partial charge in [-0.1, -0.05) is 20.8 Å². The molecule has 94 valence electrons. The van der Waals surface area contributed by atoms with Gasteiger partial charge in [0.1, 0.15) is 6.20 Å². The molecule has 0 spiro atoms. The molecule has 0 amide bonds. The summed E-state index contributed by atoms with van der Waals surface area (Å²) in [5.74, 6) is 0.281. The van der Waals surface area contributed by atoms with Gasteiger partial charge in [0.25, 0.3) is 0 Å². The number of nitrogens with zero attached hydrogens (tertiary/aromatic N) is 4. The highest BCUT2D eigenvalue weighted by molar-refractivity contribution is 5.57.